The number of nitrogens with one attached hydrogen (secondary N) is 1. The first-order chi connectivity index (χ1) is 12.5. The fourth-order valence-corrected chi connectivity index (χ4v) is 3.30. The summed E-state index contributed by atoms with van der Waals surface area (Å²) in [6.07, 6.45) is 0.157. The number of carbonyl (C=O) groups excluding carboxylic acids is 2. The van der Waals surface area contributed by atoms with Crippen LogP contribution in [0.5, 0.6) is 5.75 Å². The van der Waals surface area contributed by atoms with Crippen molar-refractivity contribution in [3.63, 3.8) is 0 Å². The van der Waals surface area contributed by atoms with Crippen molar-refractivity contribution in [2.75, 3.05) is 23.4 Å². The maximum Gasteiger partial charge on any atom is 0.229 e. The number of hydrogen-bond acceptors (Lipinski definition) is 3. The number of amides is 2. The average molecular weight is 393 g/mol. The Bertz CT molecular complexity index is 824. The van der Waals surface area contributed by atoms with Crippen molar-refractivity contribution in [2.45, 2.75) is 13.3 Å². The Hall–Kier alpha value is -2.24. The first-order valence-electron chi connectivity index (χ1n) is 8.27. The molecule has 0 aliphatic carbocycles. The van der Waals surface area contributed by atoms with E-state index in [9.17, 15) is 9.59 Å². The molecule has 1 N–H and O–H groups in total. The van der Waals surface area contributed by atoms with Crippen LogP contribution in [-0.4, -0.2) is 25.0 Å². The summed E-state index contributed by atoms with van der Waals surface area (Å²) in [4.78, 5) is 26.5. The summed E-state index contributed by atoms with van der Waals surface area (Å²) in [6, 6.07) is 12.1. The zero-order valence-electron chi connectivity index (χ0n) is 14.2. The van der Waals surface area contributed by atoms with Crippen molar-refractivity contribution < 1.29 is 14.3 Å². The molecule has 1 fully saturated rings. The molecular formula is C19H18Cl2N2O3. The fourth-order valence-electron chi connectivity index (χ4n) is 2.85. The summed E-state index contributed by atoms with van der Waals surface area (Å²) < 4.78 is 5.41. The van der Waals surface area contributed by atoms with Crippen LogP contribution in [0.15, 0.2) is 42.5 Å². The normalized spacial score (nSPS) is 16.7. The van der Waals surface area contributed by atoms with Gasteiger partial charge >= 0.3 is 0 Å². The summed E-state index contributed by atoms with van der Waals surface area (Å²) in [5.41, 5.74) is 1.23. The summed E-state index contributed by atoms with van der Waals surface area (Å²) in [5.74, 6) is -0.0251. The van der Waals surface area contributed by atoms with Crippen molar-refractivity contribution in [3.8, 4) is 5.75 Å². The number of benzene rings is 2. The Kier molecular flexibility index (Phi) is 5.69. The lowest BCUT2D eigenvalue weighted by Crippen LogP contribution is -2.28. The number of hydrogen-bond donors (Lipinski definition) is 1. The third-order valence-electron chi connectivity index (χ3n) is 4.14. The molecule has 2 aromatic carbocycles. The lowest BCUT2D eigenvalue weighted by atomic mass is 10.1. The van der Waals surface area contributed by atoms with Gasteiger partial charge in [0.25, 0.3) is 0 Å². The predicted octanol–water partition coefficient (Wildman–Crippen LogP) is 4.38. The van der Waals surface area contributed by atoms with E-state index in [4.69, 9.17) is 27.9 Å². The maximum atomic E-state index is 12.5. The first-order valence-corrected chi connectivity index (χ1v) is 9.02. The zero-order valence-corrected chi connectivity index (χ0v) is 15.7. The van der Waals surface area contributed by atoms with Gasteiger partial charge in [-0.15, -0.1) is 0 Å². The van der Waals surface area contributed by atoms with Crippen LogP contribution in [0.4, 0.5) is 11.4 Å². The van der Waals surface area contributed by atoms with Crippen LogP contribution in [0.2, 0.25) is 10.0 Å². The van der Waals surface area contributed by atoms with Gasteiger partial charge in [0.05, 0.1) is 23.2 Å². The second-order valence-corrected chi connectivity index (χ2v) is 6.79. The molecule has 1 atom stereocenters. The van der Waals surface area contributed by atoms with E-state index in [0.717, 1.165) is 11.4 Å². The SMILES string of the molecule is CCOc1ccc(N2CC(C(=O)Nc3ccc(Cl)cc3Cl)CC2=O)cc1. The van der Waals surface area contributed by atoms with Crippen LogP contribution in [0, 0.1) is 5.92 Å². The Morgan fingerprint density at radius 1 is 1.23 bits per heavy atom. The highest BCUT2D eigenvalue weighted by Gasteiger charge is 2.35. The second-order valence-electron chi connectivity index (χ2n) is 5.95. The molecule has 26 heavy (non-hydrogen) atoms. The fraction of sp³-hybridized carbons (Fsp3) is 0.263. The molecule has 0 saturated carbocycles. The molecule has 7 heteroatoms. The van der Waals surface area contributed by atoms with Crippen LogP contribution in [0.25, 0.3) is 0 Å². The van der Waals surface area contributed by atoms with E-state index < -0.39 is 5.92 Å². The molecular weight excluding hydrogens is 375 g/mol. The van der Waals surface area contributed by atoms with Gasteiger partial charge in [-0.25, -0.2) is 0 Å². The van der Waals surface area contributed by atoms with Crippen LogP contribution < -0.4 is 15.0 Å². The van der Waals surface area contributed by atoms with Crippen LogP contribution in [0.1, 0.15) is 13.3 Å². The molecule has 1 aliphatic heterocycles. The van der Waals surface area contributed by atoms with E-state index in [2.05, 4.69) is 5.32 Å². The van der Waals surface area contributed by atoms with Crippen molar-refractivity contribution in [1.82, 2.24) is 0 Å². The number of ether oxygens (including phenoxy) is 1. The third kappa shape index (κ3) is 4.11. The summed E-state index contributed by atoms with van der Waals surface area (Å²) in [5, 5.41) is 3.62. The van der Waals surface area contributed by atoms with Crippen molar-refractivity contribution in [2.24, 2.45) is 5.92 Å². The number of halogens is 2. The number of rotatable bonds is 5. The van der Waals surface area contributed by atoms with Gasteiger partial charge in [0.15, 0.2) is 0 Å². The van der Waals surface area contributed by atoms with E-state index in [1.807, 2.05) is 31.2 Å². The molecule has 136 valence electrons. The summed E-state index contributed by atoms with van der Waals surface area (Å²) in [6.45, 7) is 2.81. The molecule has 5 nitrogen and oxygen atoms in total. The van der Waals surface area contributed by atoms with Crippen molar-refractivity contribution in [3.05, 3.63) is 52.5 Å². The largest absolute Gasteiger partial charge is 0.494 e. The van der Waals surface area contributed by atoms with Crippen molar-refractivity contribution >= 4 is 46.4 Å². The Morgan fingerprint density at radius 2 is 1.96 bits per heavy atom. The van der Waals surface area contributed by atoms with Crippen LogP contribution in [-0.2, 0) is 9.59 Å². The molecule has 1 aliphatic rings. The summed E-state index contributed by atoms with van der Waals surface area (Å²) in [7, 11) is 0. The van der Waals surface area contributed by atoms with E-state index in [0.29, 0.717) is 28.9 Å². The lowest BCUT2D eigenvalue weighted by molar-refractivity contribution is -0.122. The van der Waals surface area contributed by atoms with Crippen LogP contribution >= 0.6 is 23.2 Å². The minimum Gasteiger partial charge on any atom is -0.494 e. The van der Waals surface area contributed by atoms with Gasteiger partial charge in [-0.05, 0) is 49.4 Å². The monoisotopic (exact) mass is 392 g/mol. The molecule has 1 unspecified atom stereocenters. The van der Waals surface area contributed by atoms with Crippen molar-refractivity contribution in [1.29, 1.82) is 0 Å². The molecule has 2 amide bonds. The van der Waals surface area contributed by atoms with E-state index in [1.165, 1.54) is 0 Å². The smallest absolute Gasteiger partial charge is 0.229 e. The molecule has 1 heterocycles. The van der Waals surface area contributed by atoms with Gasteiger partial charge in [0, 0.05) is 23.7 Å². The Labute approximate surface area is 161 Å². The Morgan fingerprint density at radius 3 is 2.62 bits per heavy atom. The first kappa shape index (κ1) is 18.5. The maximum absolute atomic E-state index is 12.5. The third-order valence-corrected chi connectivity index (χ3v) is 4.69. The minimum absolute atomic E-state index is 0.0866. The van der Waals surface area contributed by atoms with Crippen LogP contribution in [0.3, 0.4) is 0 Å². The second kappa shape index (κ2) is 7.98. The van der Waals surface area contributed by atoms with E-state index >= 15 is 0 Å². The predicted molar refractivity (Wildman–Crippen MR) is 103 cm³/mol. The van der Waals surface area contributed by atoms with Gasteiger partial charge < -0.3 is 15.0 Å². The molecule has 3 rings (SSSR count). The highest BCUT2D eigenvalue weighted by atomic mass is 35.5. The van der Waals surface area contributed by atoms with Gasteiger partial charge in [0.1, 0.15) is 5.75 Å². The standard InChI is InChI=1S/C19H18Cl2N2O3/c1-2-26-15-6-4-14(5-7-15)23-11-12(9-18(23)24)19(25)22-17-8-3-13(20)10-16(17)21/h3-8,10,12H,2,9,11H2,1H3,(H,22,25). The molecule has 0 bridgehead atoms. The highest BCUT2D eigenvalue weighted by Crippen LogP contribution is 2.29. The van der Waals surface area contributed by atoms with E-state index in [1.54, 1.807) is 23.1 Å². The number of nitrogens with zero attached hydrogens (tertiary/aromatic N) is 1. The lowest BCUT2D eigenvalue weighted by Gasteiger charge is -2.17. The summed E-state index contributed by atoms with van der Waals surface area (Å²) >= 11 is 11.9. The molecule has 0 aromatic heterocycles. The quantitative estimate of drug-likeness (QED) is 0.820. The van der Waals surface area contributed by atoms with Gasteiger partial charge in [-0.2, -0.15) is 0 Å². The molecule has 1 saturated heterocycles. The number of anilines is 2. The zero-order chi connectivity index (χ0) is 18.7. The van der Waals surface area contributed by atoms with Gasteiger partial charge in [-0.3, -0.25) is 9.59 Å². The molecule has 2 aromatic rings. The minimum atomic E-state index is -0.444. The molecule has 0 spiro atoms. The van der Waals surface area contributed by atoms with Gasteiger partial charge in [0.2, 0.25) is 11.8 Å². The van der Waals surface area contributed by atoms with E-state index in [-0.39, 0.29) is 18.2 Å². The average Bonchev–Trinajstić information content (AvgIpc) is 3.00. The topological polar surface area (TPSA) is 58.6 Å². The van der Waals surface area contributed by atoms with Gasteiger partial charge in [-0.1, -0.05) is 23.2 Å². The number of carbonyl (C=O) groups is 2. The molecule has 0 radical (unpaired) electrons. The highest BCUT2D eigenvalue weighted by molar-refractivity contribution is 6.36. The Balaban J connectivity index is 1.67.